The van der Waals surface area contributed by atoms with Gasteiger partial charge in [-0.25, -0.2) is 0 Å². The molecule has 5 nitrogen and oxygen atoms in total. The smallest absolute Gasteiger partial charge is 0.399 e. The van der Waals surface area contributed by atoms with Gasteiger partial charge in [-0.05, 0) is 31.1 Å². The number of nitrogens with zero attached hydrogens (tertiary/aromatic N) is 4. The molecule has 3 rings (SSSR count). The lowest BCUT2D eigenvalue weighted by molar-refractivity contribution is -0.138. The van der Waals surface area contributed by atoms with Crippen LogP contribution in [0.1, 0.15) is 30.9 Å². The first-order valence-electron chi connectivity index (χ1n) is 9.45. The zero-order chi connectivity index (χ0) is 22.3. The first-order valence-corrected chi connectivity index (χ1v) is 9.45. The van der Waals surface area contributed by atoms with Crippen molar-refractivity contribution >= 4 is 0 Å². The number of nitriles is 3. The minimum Gasteiger partial charge on any atom is -0.399 e. The zero-order valence-corrected chi connectivity index (χ0v) is 16.5. The number of benzene rings is 1. The number of fused-ring (bicyclic) bond motifs is 1. The van der Waals surface area contributed by atoms with Crippen LogP contribution >= 0.6 is 0 Å². The lowest BCUT2D eigenvalue weighted by Gasteiger charge is -2.46. The normalized spacial score (nSPS) is 23.8. The molecule has 2 atom stereocenters. The van der Waals surface area contributed by atoms with E-state index in [9.17, 15) is 29.0 Å². The summed E-state index contributed by atoms with van der Waals surface area (Å²) in [4.78, 5) is 2.04. The highest BCUT2D eigenvalue weighted by atomic mass is 19.4. The molecule has 2 N–H and O–H groups in total. The van der Waals surface area contributed by atoms with Gasteiger partial charge in [0, 0.05) is 31.0 Å². The fraction of sp³-hybridized carbons (Fsp3) is 0.409. The Bertz CT molecular complexity index is 1030. The molecule has 30 heavy (non-hydrogen) atoms. The zero-order valence-electron chi connectivity index (χ0n) is 16.5. The lowest BCUT2D eigenvalue weighted by atomic mass is 9.59. The Morgan fingerprint density at radius 2 is 1.80 bits per heavy atom. The van der Waals surface area contributed by atoms with E-state index in [-0.39, 0.29) is 22.9 Å². The molecular weight excluding hydrogens is 391 g/mol. The summed E-state index contributed by atoms with van der Waals surface area (Å²) in [5.74, 6) is -1.67. The predicted molar refractivity (Wildman–Crippen MR) is 103 cm³/mol. The van der Waals surface area contributed by atoms with Crippen LogP contribution in [0.3, 0.4) is 0 Å². The second-order valence-corrected chi connectivity index (χ2v) is 7.79. The highest BCUT2D eigenvalue weighted by Crippen LogP contribution is 2.54. The van der Waals surface area contributed by atoms with Gasteiger partial charge in [0.15, 0.2) is 0 Å². The van der Waals surface area contributed by atoms with Crippen LogP contribution in [0.2, 0.25) is 0 Å². The van der Waals surface area contributed by atoms with Gasteiger partial charge < -0.3 is 5.73 Å². The number of hydrogen-bond acceptors (Lipinski definition) is 5. The fourth-order valence-corrected chi connectivity index (χ4v) is 4.46. The van der Waals surface area contributed by atoms with Crippen LogP contribution in [0.5, 0.6) is 0 Å². The second-order valence-electron chi connectivity index (χ2n) is 7.79. The molecule has 1 aliphatic heterocycles. The quantitative estimate of drug-likeness (QED) is 0.745. The molecule has 1 heterocycles. The van der Waals surface area contributed by atoms with Crippen LogP contribution in [0, 0.1) is 45.3 Å². The third kappa shape index (κ3) is 3.12. The maximum atomic E-state index is 13.8. The van der Waals surface area contributed by atoms with Gasteiger partial charge >= 0.3 is 6.18 Å². The highest BCUT2D eigenvalue weighted by molar-refractivity contribution is 5.59. The molecule has 0 aromatic heterocycles. The largest absolute Gasteiger partial charge is 0.416 e. The monoisotopic (exact) mass is 411 g/mol. The molecule has 154 valence electrons. The molecule has 0 bridgehead atoms. The summed E-state index contributed by atoms with van der Waals surface area (Å²) in [7, 11) is 0. The van der Waals surface area contributed by atoms with Crippen LogP contribution in [-0.2, 0) is 6.18 Å². The molecule has 1 aromatic carbocycles. The van der Waals surface area contributed by atoms with Gasteiger partial charge in [-0.2, -0.15) is 29.0 Å². The van der Waals surface area contributed by atoms with E-state index in [1.54, 1.807) is 6.08 Å². The molecule has 1 aromatic rings. The van der Waals surface area contributed by atoms with Crippen LogP contribution in [-0.4, -0.2) is 24.0 Å². The molecule has 1 aliphatic carbocycles. The van der Waals surface area contributed by atoms with Crippen molar-refractivity contribution in [3.8, 4) is 18.2 Å². The molecule has 2 unspecified atom stereocenters. The van der Waals surface area contributed by atoms with Crippen molar-refractivity contribution in [2.45, 2.75) is 32.0 Å². The Kier molecular flexibility index (Phi) is 5.37. The van der Waals surface area contributed by atoms with E-state index in [1.165, 1.54) is 18.2 Å². The van der Waals surface area contributed by atoms with Gasteiger partial charge in [-0.15, -0.1) is 0 Å². The Hall–Kier alpha value is -3.28. The SMILES string of the molecule is CC(C)N1CC=C2C(C1)C(c1ccccc1C(F)(F)F)C(C#N)=C(N)C2(C#N)C#N. The molecule has 0 radical (unpaired) electrons. The summed E-state index contributed by atoms with van der Waals surface area (Å²) in [6.45, 7) is 4.66. The molecule has 0 saturated carbocycles. The van der Waals surface area contributed by atoms with E-state index < -0.39 is 29.0 Å². The van der Waals surface area contributed by atoms with Crippen LogP contribution in [0.4, 0.5) is 13.2 Å². The summed E-state index contributed by atoms with van der Waals surface area (Å²) in [6.07, 6.45) is -2.91. The van der Waals surface area contributed by atoms with Crippen LogP contribution in [0.15, 0.2) is 47.2 Å². The maximum absolute atomic E-state index is 13.8. The first-order chi connectivity index (χ1) is 14.1. The van der Waals surface area contributed by atoms with Gasteiger partial charge in [-0.3, -0.25) is 4.90 Å². The number of hydrogen-bond donors (Lipinski definition) is 1. The summed E-state index contributed by atoms with van der Waals surface area (Å²) >= 11 is 0. The molecule has 8 heteroatoms. The maximum Gasteiger partial charge on any atom is 0.416 e. The fourth-order valence-electron chi connectivity index (χ4n) is 4.46. The van der Waals surface area contributed by atoms with Crippen molar-refractivity contribution in [1.29, 1.82) is 15.8 Å². The van der Waals surface area contributed by atoms with E-state index in [1.807, 2.05) is 37.0 Å². The minimum absolute atomic E-state index is 0.0736. The topological polar surface area (TPSA) is 101 Å². The Balaban J connectivity index is 2.36. The predicted octanol–water partition coefficient (Wildman–Crippen LogP) is 3.84. The summed E-state index contributed by atoms with van der Waals surface area (Å²) in [5.41, 5.74) is 3.32. The molecule has 0 fully saturated rings. The van der Waals surface area contributed by atoms with Crippen LogP contribution < -0.4 is 5.73 Å². The highest BCUT2D eigenvalue weighted by Gasteiger charge is 2.53. The van der Waals surface area contributed by atoms with Gasteiger partial charge in [0.05, 0.1) is 35.0 Å². The van der Waals surface area contributed by atoms with Crippen molar-refractivity contribution in [3.63, 3.8) is 0 Å². The third-order valence-corrected chi connectivity index (χ3v) is 6.00. The van der Waals surface area contributed by atoms with Crippen molar-refractivity contribution < 1.29 is 13.2 Å². The van der Waals surface area contributed by atoms with E-state index in [0.717, 1.165) is 6.07 Å². The van der Waals surface area contributed by atoms with Gasteiger partial charge in [0.2, 0.25) is 5.41 Å². The van der Waals surface area contributed by atoms with Crippen molar-refractivity contribution in [2.75, 3.05) is 13.1 Å². The van der Waals surface area contributed by atoms with Gasteiger partial charge in [0.25, 0.3) is 0 Å². The van der Waals surface area contributed by atoms with Crippen molar-refractivity contribution in [1.82, 2.24) is 4.90 Å². The summed E-state index contributed by atoms with van der Waals surface area (Å²) in [6, 6.07) is 11.0. The molecular formula is C22H20F3N5. The van der Waals surface area contributed by atoms with Crippen LogP contribution in [0.25, 0.3) is 0 Å². The number of alkyl halides is 3. The molecule has 0 spiro atoms. The summed E-state index contributed by atoms with van der Waals surface area (Å²) < 4.78 is 41.4. The van der Waals surface area contributed by atoms with E-state index >= 15 is 0 Å². The number of nitrogens with two attached hydrogens (primary N) is 1. The van der Waals surface area contributed by atoms with Crippen molar-refractivity contribution in [2.24, 2.45) is 17.1 Å². The average molecular weight is 411 g/mol. The Labute approximate surface area is 173 Å². The third-order valence-electron chi connectivity index (χ3n) is 6.00. The van der Waals surface area contributed by atoms with E-state index in [0.29, 0.717) is 18.7 Å². The molecule has 2 aliphatic rings. The number of halogens is 3. The second kappa shape index (κ2) is 7.52. The molecule has 0 amide bonds. The standard InChI is InChI=1S/C22H20F3N5/c1-13(2)30-8-7-17-16(10-30)19(14-5-3-4-6-18(14)22(23,24)25)15(9-26)20(29)21(17,11-27)12-28/h3-7,13,16,19H,8,10,29H2,1-2H3. The van der Waals surface area contributed by atoms with Gasteiger partial charge in [-0.1, -0.05) is 24.3 Å². The number of allylic oxidation sites excluding steroid dienone is 2. The van der Waals surface area contributed by atoms with E-state index in [4.69, 9.17) is 5.73 Å². The van der Waals surface area contributed by atoms with Crippen molar-refractivity contribution in [3.05, 3.63) is 58.3 Å². The summed E-state index contributed by atoms with van der Waals surface area (Å²) in [5, 5.41) is 29.6. The Morgan fingerprint density at radius 1 is 1.17 bits per heavy atom. The average Bonchev–Trinajstić information content (AvgIpc) is 2.72. The Morgan fingerprint density at radius 3 is 2.33 bits per heavy atom. The van der Waals surface area contributed by atoms with Gasteiger partial charge in [0.1, 0.15) is 0 Å². The molecule has 0 saturated heterocycles. The minimum atomic E-state index is -4.62. The first kappa shape index (κ1) is 21.4. The van der Waals surface area contributed by atoms with E-state index in [2.05, 4.69) is 0 Å². The lowest BCUT2D eigenvalue weighted by Crippen LogP contribution is -2.49. The number of rotatable bonds is 2.